The summed E-state index contributed by atoms with van der Waals surface area (Å²) in [5, 5.41) is 1.66. The van der Waals surface area contributed by atoms with E-state index < -0.39 is 34.4 Å². The topological polar surface area (TPSA) is 29.1 Å². The zero-order valence-corrected chi connectivity index (χ0v) is 12.4. The highest BCUT2D eigenvalue weighted by Crippen LogP contribution is 2.35. The maximum absolute atomic E-state index is 12.8. The van der Waals surface area contributed by atoms with E-state index in [1.54, 1.807) is 0 Å². The SMILES string of the molecule is O=C(Nc1ccc(C(F)(F)F)cc1)c1ccc(Cl)c(C(F)(F)F)c1. The Morgan fingerprint density at radius 1 is 0.875 bits per heavy atom. The van der Waals surface area contributed by atoms with E-state index in [1.807, 2.05) is 0 Å². The molecule has 0 fully saturated rings. The summed E-state index contributed by atoms with van der Waals surface area (Å²) in [6, 6.07) is 6.07. The molecule has 0 bridgehead atoms. The first-order valence-corrected chi connectivity index (χ1v) is 6.71. The molecule has 2 aromatic carbocycles. The Kier molecular flexibility index (Phi) is 4.80. The Labute approximate surface area is 137 Å². The van der Waals surface area contributed by atoms with Gasteiger partial charge in [0.1, 0.15) is 0 Å². The van der Waals surface area contributed by atoms with E-state index in [1.165, 1.54) is 0 Å². The summed E-state index contributed by atoms with van der Waals surface area (Å²) >= 11 is 5.45. The number of carbonyl (C=O) groups is 1. The highest BCUT2D eigenvalue weighted by molar-refractivity contribution is 6.31. The maximum Gasteiger partial charge on any atom is 0.417 e. The highest BCUT2D eigenvalue weighted by atomic mass is 35.5. The average molecular weight is 368 g/mol. The van der Waals surface area contributed by atoms with E-state index in [-0.39, 0.29) is 11.3 Å². The quantitative estimate of drug-likeness (QED) is 0.685. The summed E-state index contributed by atoms with van der Waals surface area (Å²) in [6.45, 7) is 0. The van der Waals surface area contributed by atoms with Gasteiger partial charge in [-0.15, -0.1) is 0 Å². The summed E-state index contributed by atoms with van der Waals surface area (Å²) < 4.78 is 75.6. The highest BCUT2D eigenvalue weighted by Gasteiger charge is 2.34. The molecule has 24 heavy (non-hydrogen) atoms. The van der Waals surface area contributed by atoms with E-state index in [0.717, 1.165) is 36.4 Å². The van der Waals surface area contributed by atoms with Crippen molar-refractivity contribution in [2.45, 2.75) is 12.4 Å². The Hall–Kier alpha value is -2.22. The number of halogens is 7. The van der Waals surface area contributed by atoms with Gasteiger partial charge in [-0.25, -0.2) is 0 Å². The molecule has 0 spiro atoms. The molecule has 2 nitrogen and oxygen atoms in total. The third-order valence-corrected chi connectivity index (χ3v) is 3.33. The fourth-order valence-corrected chi connectivity index (χ4v) is 2.05. The van der Waals surface area contributed by atoms with E-state index in [4.69, 9.17) is 11.6 Å². The molecule has 0 aliphatic heterocycles. The van der Waals surface area contributed by atoms with Gasteiger partial charge in [-0.1, -0.05) is 11.6 Å². The molecule has 128 valence electrons. The fraction of sp³-hybridized carbons (Fsp3) is 0.133. The van der Waals surface area contributed by atoms with Gasteiger partial charge in [0.15, 0.2) is 0 Å². The van der Waals surface area contributed by atoms with Gasteiger partial charge >= 0.3 is 12.4 Å². The molecule has 0 saturated carbocycles. The first kappa shape index (κ1) is 18.1. The van der Waals surface area contributed by atoms with E-state index in [9.17, 15) is 31.1 Å². The summed E-state index contributed by atoms with van der Waals surface area (Å²) in [4.78, 5) is 11.9. The van der Waals surface area contributed by atoms with Crippen LogP contribution in [0.5, 0.6) is 0 Å². The molecule has 2 rings (SSSR count). The number of hydrogen-bond acceptors (Lipinski definition) is 1. The van der Waals surface area contributed by atoms with Crippen molar-refractivity contribution in [3.8, 4) is 0 Å². The molecule has 0 aliphatic rings. The van der Waals surface area contributed by atoms with Gasteiger partial charge < -0.3 is 5.32 Å². The van der Waals surface area contributed by atoms with Crippen LogP contribution in [-0.4, -0.2) is 5.91 Å². The molecular formula is C15H8ClF6NO. The monoisotopic (exact) mass is 367 g/mol. The number of hydrogen-bond donors (Lipinski definition) is 1. The van der Waals surface area contributed by atoms with Gasteiger partial charge in [0.2, 0.25) is 0 Å². The molecule has 0 radical (unpaired) electrons. The average Bonchev–Trinajstić information content (AvgIpc) is 2.46. The molecule has 0 aromatic heterocycles. The van der Waals surface area contributed by atoms with Crippen LogP contribution < -0.4 is 5.32 Å². The zero-order valence-electron chi connectivity index (χ0n) is 11.6. The van der Waals surface area contributed by atoms with E-state index in [2.05, 4.69) is 5.32 Å². The van der Waals surface area contributed by atoms with Crippen molar-refractivity contribution in [1.29, 1.82) is 0 Å². The number of benzene rings is 2. The lowest BCUT2D eigenvalue weighted by Gasteiger charge is -2.12. The fourth-order valence-electron chi connectivity index (χ4n) is 1.83. The molecule has 0 aliphatic carbocycles. The van der Waals surface area contributed by atoms with Crippen LogP contribution in [0.3, 0.4) is 0 Å². The predicted octanol–water partition coefficient (Wildman–Crippen LogP) is 5.63. The van der Waals surface area contributed by atoms with Crippen LogP contribution >= 0.6 is 11.6 Å². The summed E-state index contributed by atoms with van der Waals surface area (Å²) in [7, 11) is 0. The van der Waals surface area contributed by atoms with Crippen molar-refractivity contribution in [3.05, 3.63) is 64.2 Å². The van der Waals surface area contributed by atoms with Gasteiger partial charge in [0.05, 0.1) is 16.1 Å². The number of carbonyl (C=O) groups excluding carboxylic acids is 1. The van der Waals surface area contributed by atoms with Gasteiger partial charge in [-0.3, -0.25) is 4.79 Å². The maximum atomic E-state index is 12.8. The van der Waals surface area contributed by atoms with Crippen molar-refractivity contribution < 1.29 is 31.1 Å². The van der Waals surface area contributed by atoms with Crippen molar-refractivity contribution in [1.82, 2.24) is 0 Å². The smallest absolute Gasteiger partial charge is 0.322 e. The van der Waals surface area contributed by atoms with Crippen LogP contribution in [0.4, 0.5) is 32.0 Å². The van der Waals surface area contributed by atoms with Gasteiger partial charge in [0.25, 0.3) is 5.91 Å². The van der Waals surface area contributed by atoms with Crippen LogP contribution in [-0.2, 0) is 12.4 Å². The summed E-state index contributed by atoms with van der Waals surface area (Å²) in [5.74, 6) is -0.906. The third-order valence-electron chi connectivity index (χ3n) is 3.00. The van der Waals surface area contributed by atoms with Crippen LogP contribution in [0.2, 0.25) is 5.02 Å². The van der Waals surface area contributed by atoms with Crippen LogP contribution in [0, 0.1) is 0 Å². The van der Waals surface area contributed by atoms with E-state index in [0.29, 0.717) is 6.07 Å². The molecule has 0 saturated heterocycles. The van der Waals surface area contributed by atoms with Crippen molar-refractivity contribution in [3.63, 3.8) is 0 Å². The second kappa shape index (κ2) is 6.35. The zero-order chi connectivity index (χ0) is 18.1. The first-order valence-electron chi connectivity index (χ1n) is 6.34. The lowest BCUT2D eigenvalue weighted by Crippen LogP contribution is -2.14. The van der Waals surface area contributed by atoms with E-state index >= 15 is 0 Å². The second-order valence-corrected chi connectivity index (χ2v) is 5.13. The second-order valence-electron chi connectivity index (χ2n) is 4.72. The van der Waals surface area contributed by atoms with Crippen molar-refractivity contribution in [2.24, 2.45) is 0 Å². The normalized spacial score (nSPS) is 12.1. The molecule has 9 heteroatoms. The Balaban J connectivity index is 2.21. The largest absolute Gasteiger partial charge is 0.417 e. The minimum atomic E-state index is -4.73. The Morgan fingerprint density at radius 3 is 1.96 bits per heavy atom. The van der Waals surface area contributed by atoms with Crippen LogP contribution in [0.15, 0.2) is 42.5 Å². The molecule has 0 unspecified atom stereocenters. The number of anilines is 1. The Bertz CT molecular complexity index is 752. The summed E-state index contributed by atoms with van der Waals surface area (Å²) in [6.07, 6.45) is -9.26. The number of alkyl halides is 6. The lowest BCUT2D eigenvalue weighted by molar-refractivity contribution is -0.138. The molecule has 1 amide bonds. The molecule has 1 N–H and O–H groups in total. The minimum absolute atomic E-state index is 0.0107. The number of nitrogens with one attached hydrogen (secondary N) is 1. The molecule has 0 heterocycles. The minimum Gasteiger partial charge on any atom is -0.322 e. The molecule has 2 aromatic rings. The molecule has 0 atom stereocenters. The van der Waals surface area contributed by atoms with Crippen LogP contribution in [0.25, 0.3) is 0 Å². The molecular weight excluding hydrogens is 360 g/mol. The Morgan fingerprint density at radius 2 is 1.46 bits per heavy atom. The predicted molar refractivity (Wildman–Crippen MR) is 75.9 cm³/mol. The lowest BCUT2D eigenvalue weighted by atomic mass is 10.1. The third kappa shape index (κ3) is 4.19. The van der Waals surface area contributed by atoms with Gasteiger partial charge in [-0.2, -0.15) is 26.3 Å². The standard InChI is InChI=1S/C15H8ClF6NO/c16-12-6-1-8(7-11(12)15(20,21)22)13(24)23-10-4-2-9(3-5-10)14(17,18)19/h1-7H,(H,23,24). The first-order chi connectivity index (χ1) is 11.0. The van der Waals surface area contributed by atoms with Crippen molar-refractivity contribution >= 4 is 23.2 Å². The van der Waals surface area contributed by atoms with Gasteiger partial charge in [0, 0.05) is 11.3 Å². The number of rotatable bonds is 2. The van der Waals surface area contributed by atoms with Gasteiger partial charge in [-0.05, 0) is 42.5 Å². The van der Waals surface area contributed by atoms with Crippen LogP contribution in [0.1, 0.15) is 21.5 Å². The summed E-state index contributed by atoms with van der Waals surface area (Å²) in [5.41, 5.74) is -2.40. The number of amides is 1. The van der Waals surface area contributed by atoms with Crippen molar-refractivity contribution in [2.75, 3.05) is 5.32 Å².